The van der Waals surface area contributed by atoms with E-state index in [2.05, 4.69) is 25.9 Å². The second kappa shape index (κ2) is 4.18. The van der Waals surface area contributed by atoms with Crippen molar-refractivity contribution in [1.82, 2.24) is 9.97 Å². The maximum absolute atomic E-state index is 12.5. The summed E-state index contributed by atoms with van der Waals surface area (Å²) >= 11 is 3.28. The Balaban J connectivity index is 2.69. The molecular formula is C10H7BrF2N2. The SMILES string of the molecule is FCc1nc2ccc(Br)cc2nc1CF. The van der Waals surface area contributed by atoms with Gasteiger partial charge in [-0.3, -0.25) is 0 Å². The number of hydrogen-bond acceptors (Lipinski definition) is 2. The number of halogens is 3. The smallest absolute Gasteiger partial charge is 0.133 e. The molecule has 0 aliphatic heterocycles. The summed E-state index contributed by atoms with van der Waals surface area (Å²) in [4.78, 5) is 8.03. The lowest BCUT2D eigenvalue weighted by atomic mass is 10.2. The van der Waals surface area contributed by atoms with Gasteiger partial charge in [-0.2, -0.15) is 0 Å². The fraction of sp³-hybridized carbons (Fsp3) is 0.200. The van der Waals surface area contributed by atoms with Crippen LogP contribution in [0.25, 0.3) is 11.0 Å². The van der Waals surface area contributed by atoms with Gasteiger partial charge >= 0.3 is 0 Å². The molecule has 0 atom stereocenters. The first-order chi connectivity index (χ1) is 7.24. The molecule has 2 aromatic rings. The molecule has 0 aliphatic carbocycles. The minimum absolute atomic E-state index is 0.0723. The Morgan fingerprint density at radius 2 is 1.60 bits per heavy atom. The summed E-state index contributed by atoms with van der Waals surface area (Å²) in [5.74, 6) is 0. The van der Waals surface area contributed by atoms with E-state index < -0.39 is 13.3 Å². The van der Waals surface area contributed by atoms with Crippen LogP contribution in [0.4, 0.5) is 8.78 Å². The Kier molecular flexibility index (Phi) is 2.90. The van der Waals surface area contributed by atoms with Crippen LogP contribution in [0, 0.1) is 0 Å². The van der Waals surface area contributed by atoms with Crippen molar-refractivity contribution >= 4 is 27.0 Å². The van der Waals surface area contributed by atoms with Gasteiger partial charge in [0.1, 0.15) is 13.3 Å². The Morgan fingerprint density at radius 1 is 1.00 bits per heavy atom. The molecule has 0 radical (unpaired) electrons. The molecule has 0 aliphatic rings. The van der Waals surface area contributed by atoms with Gasteiger partial charge in [-0.15, -0.1) is 0 Å². The van der Waals surface area contributed by atoms with Gasteiger partial charge in [-0.05, 0) is 18.2 Å². The van der Waals surface area contributed by atoms with E-state index in [4.69, 9.17) is 0 Å². The fourth-order valence-electron chi connectivity index (χ4n) is 1.31. The lowest BCUT2D eigenvalue weighted by molar-refractivity contribution is 0.440. The Bertz CT molecular complexity index is 502. The van der Waals surface area contributed by atoms with Crippen molar-refractivity contribution in [2.45, 2.75) is 13.3 Å². The summed E-state index contributed by atoms with van der Waals surface area (Å²) in [5, 5.41) is 0. The second-order valence-electron chi connectivity index (χ2n) is 3.02. The Morgan fingerprint density at radius 3 is 2.20 bits per heavy atom. The third-order valence-electron chi connectivity index (χ3n) is 2.03. The molecule has 0 fully saturated rings. The molecule has 1 aromatic carbocycles. The van der Waals surface area contributed by atoms with Crippen molar-refractivity contribution in [3.8, 4) is 0 Å². The molecule has 78 valence electrons. The predicted octanol–water partition coefficient (Wildman–Crippen LogP) is 3.33. The molecular weight excluding hydrogens is 266 g/mol. The summed E-state index contributed by atoms with van der Waals surface area (Å²) in [5.41, 5.74) is 1.28. The van der Waals surface area contributed by atoms with E-state index in [1.54, 1.807) is 18.2 Å². The van der Waals surface area contributed by atoms with E-state index in [1.165, 1.54) is 0 Å². The van der Waals surface area contributed by atoms with Crippen LogP contribution in [0.1, 0.15) is 11.4 Å². The highest BCUT2D eigenvalue weighted by Gasteiger charge is 2.08. The third-order valence-corrected chi connectivity index (χ3v) is 2.53. The van der Waals surface area contributed by atoms with Gasteiger partial charge < -0.3 is 0 Å². The van der Waals surface area contributed by atoms with E-state index in [-0.39, 0.29) is 11.4 Å². The van der Waals surface area contributed by atoms with Crippen molar-refractivity contribution < 1.29 is 8.78 Å². The highest BCUT2D eigenvalue weighted by molar-refractivity contribution is 9.10. The van der Waals surface area contributed by atoms with Crippen LogP contribution >= 0.6 is 15.9 Å². The maximum Gasteiger partial charge on any atom is 0.133 e. The van der Waals surface area contributed by atoms with Gasteiger partial charge in [-0.1, -0.05) is 15.9 Å². The predicted molar refractivity (Wildman–Crippen MR) is 56.9 cm³/mol. The summed E-state index contributed by atoms with van der Waals surface area (Å²) in [6.45, 7) is -1.59. The van der Waals surface area contributed by atoms with Gasteiger partial charge in [0.2, 0.25) is 0 Å². The largest absolute Gasteiger partial charge is 0.246 e. The minimum atomic E-state index is -0.797. The minimum Gasteiger partial charge on any atom is -0.246 e. The topological polar surface area (TPSA) is 25.8 Å². The number of aromatic nitrogens is 2. The molecule has 0 amide bonds. The molecule has 1 aromatic heterocycles. The van der Waals surface area contributed by atoms with E-state index in [9.17, 15) is 8.78 Å². The van der Waals surface area contributed by atoms with Crippen LogP contribution in [0.5, 0.6) is 0 Å². The molecule has 0 spiro atoms. The quantitative estimate of drug-likeness (QED) is 0.838. The summed E-state index contributed by atoms with van der Waals surface area (Å²) < 4.78 is 25.9. The van der Waals surface area contributed by atoms with Crippen LogP contribution in [0.15, 0.2) is 22.7 Å². The van der Waals surface area contributed by atoms with Crippen molar-refractivity contribution in [2.24, 2.45) is 0 Å². The number of benzene rings is 1. The molecule has 0 bridgehead atoms. The van der Waals surface area contributed by atoms with Gasteiger partial charge in [0.05, 0.1) is 22.4 Å². The molecule has 2 nitrogen and oxygen atoms in total. The number of hydrogen-bond donors (Lipinski definition) is 0. The molecule has 2 rings (SSSR count). The summed E-state index contributed by atoms with van der Waals surface area (Å²) in [6.07, 6.45) is 0. The van der Waals surface area contributed by atoms with Crippen LogP contribution < -0.4 is 0 Å². The Labute approximate surface area is 93.5 Å². The lowest BCUT2D eigenvalue weighted by Crippen LogP contribution is -1.99. The first-order valence-corrected chi connectivity index (χ1v) is 5.11. The molecule has 0 unspecified atom stereocenters. The number of nitrogens with zero attached hydrogens (tertiary/aromatic N) is 2. The van der Waals surface area contributed by atoms with Gasteiger partial charge in [-0.25, -0.2) is 18.7 Å². The fourth-order valence-corrected chi connectivity index (χ4v) is 1.66. The maximum atomic E-state index is 12.5. The zero-order chi connectivity index (χ0) is 10.8. The zero-order valence-corrected chi connectivity index (χ0v) is 9.26. The first-order valence-electron chi connectivity index (χ1n) is 4.31. The van der Waals surface area contributed by atoms with Crippen molar-refractivity contribution in [1.29, 1.82) is 0 Å². The molecule has 1 heterocycles. The number of rotatable bonds is 2. The molecule has 0 saturated carbocycles. The monoisotopic (exact) mass is 272 g/mol. The molecule has 0 saturated heterocycles. The van der Waals surface area contributed by atoms with Crippen LogP contribution in [0.3, 0.4) is 0 Å². The summed E-state index contributed by atoms with van der Waals surface area (Å²) in [6, 6.07) is 5.23. The van der Waals surface area contributed by atoms with Crippen LogP contribution in [-0.2, 0) is 13.3 Å². The van der Waals surface area contributed by atoms with Crippen molar-refractivity contribution in [3.63, 3.8) is 0 Å². The van der Waals surface area contributed by atoms with Gasteiger partial charge in [0, 0.05) is 4.47 Å². The lowest BCUT2D eigenvalue weighted by Gasteiger charge is -2.04. The van der Waals surface area contributed by atoms with Crippen molar-refractivity contribution in [2.75, 3.05) is 0 Å². The van der Waals surface area contributed by atoms with E-state index in [1.807, 2.05) is 0 Å². The zero-order valence-electron chi connectivity index (χ0n) is 7.67. The highest BCUT2D eigenvalue weighted by Crippen LogP contribution is 2.19. The first kappa shape index (κ1) is 10.4. The average molecular weight is 273 g/mol. The molecule has 15 heavy (non-hydrogen) atoms. The third kappa shape index (κ3) is 1.97. The molecule has 5 heteroatoms. The van der Waals surface area contributed by atoms with Gasteiger partial charge in [0.25, 0.3) is 0 Å². The van der Waals surface area contributed by atoms with E-state index in [0.717, 1.165) is 4.47 Å². The number of alkyl halides is 2. The average Bonchev–Trinajstić information content (AvgIpc) is 2.27. The molecule has 0 N–H and O–H groups in total. The Hall–Kier alpha value is -1.10. The number of fused-ring (bicyclic) bond motifs is 1. The van der Waals surface area contributed by atoms with Gasteiger partial charge in [0.15, 0.2) is 0 Å². The van der Waals surface area contributed by atoms with E-state index in [0.29, 0.717) is 11.0 Å². The highest BCUT2D eigenvalue weighted by atomic mass is 79.9. The standard InChI is InChI=1S/C10H7BrF2N2/c11-6-1-2-7-8(3-6)15-10(5-13)9(4-12)14-7/h1-3H,4-5H2. The van der Waals surface area contributed by atoms with Crippen molar-refractivity contribution in [3.05, 3.63) is 34.1 Å². The van der Waals surface area contributed by atoms with Crippen LogP contribution in [-0.4, -0.2) is 9.97 Å². The van der Waals surface area contributed by atoms with E-state index >= 15 is 0 Å². The van der Waals surface area contributed by atoms with Crippen LogP contribution in [0.2, 0.25) is 0 Å². The second-order valence-corrected chi connectivity index (χ2v) is 3.93. The summed E-state index contributed by atoms with van der Waals surface area (Å²) in [7, 11) is 0. The normalized spacial score (nSPS) is 10.9.